The highest BCUT2D eigenvalue weighted by Crippen LogP contribution is 2.31. The largest absolute Gasteiger partial charge is 0.346 e. The predicted octanol–water partition coefficient (Wildman–Crippen LogP) is 2.05. The van der Waals surface area contributed by atoms with E-state index in [2.05, 4.69) is 22.9 Å². The number of hydrogen-bond acceptors (Lipinski definition) is 5. The quantitative estimate of drug-likeness (QED) is 0.383. The van der Waals surface area contributed by atoms with E-state index in [1.807, 2.05) is 0 Å². The maximum Gasteiger partial charge on any atom is 0.264 e. The average Bonchev–Trinajstić information content (AvgIpc) is 2.71. The van der Waals surface area contributed by atoms with E-state index in [4.69, 9.17) is 13.7 Å². The van der Waals surface area contributed by atoms with Crippen molar-refractivity contribution in [2.45, 2.75) is 44.5 Å². The third kappa shape index (κ3) is 5.52. The van der Waals surface area contributed by atoms with Crippen LogP contribution in [0.1, 0.15) is 32.6 Å². The summed E-state index contributed by atoms with van der Waals surface area (Å²) in [5.74, 6) is -0.624. The molecule has 108 valence electrons. The van der Waals surface area contributed by atoms with E-state index in [0.717, 1.165) is 31.9 Å². The van der Waals surface area contributed by atoms with Crippen molar-refractivity contribution < 1.29 is 22.1 Å². The molecule has 1 aliphatic rings. The highest BCUT2D eigenvalue weighted by molar-refractivity contribution is 9.09. The Labute approximate surface area is 117 Å². The van der Waals surface area contributed by atoms with Gasteiger partial charge in [0, 0.05) is 6.42 Å². The Morgan fingerprint density at radius 1 is 1.44 bits per heavy atom. The lowest BCUT2D eigenvalue weighted by Gasteiger charge is -2.25. The van der Waals surface area contributed by atoms with Gasteiger partial charge in [-0.25, -0.2) is 0 Å². The van der Waals surface area contributed by atoms with Crippen LogP contribution in [-0.2, 0) is 23.8 Å². The first-order chi connectivity index (χ1) is 8.41. The topological polar surface area (TPSA) is 61.8 Å². The predicted molar refractivity (Wildman–Crippen MR) is 72.3 cm³/mol. The van der Waals surface area contributed by atoms with Gasteiger partial charge < -0.3 is 9.47 Å². The van der Waals surface area contributed by atoms with Gasteiger partial charge >= 0.3 is 0 Å². The average molecular weight is 345 g/mol. The molecule has 1 aliphatic heterocycles. The summed E-state index contributed by atoms with van der Waals surface area (Å²) in [7, 11) is -3.42. The Bertz CT molecular complexity index is 345. The minimum atomic E-state index is -3.42. The zero-order chi connectivity index (χ0) is 13.6. The van der Waals surface area contributed by atoms with Crippen LogP contribution >= 0.6 is 15.9 Å². The molecule has 1 rings (SSSR count). The summed E-state index contributed by atoms with van der Waals surface area (Å²) in [6.07, 6.45) is 4.81. The van der Waals surface area contributed by atoms with Crippen molar-refractivity contribution in [1.82, 2.24) is 0 Å². The molecule has 0 aromatic heterocycles. The Morgan fingerprint density at radius 3 is 2.72 bits per heavy atom. The minimum Gasteiger partial charge on any atom is -0.346 e. The fourth-order valence-electron chi connectivity index (χ4n) is 1.81. The van der Waals surface area contributed by atoms with E-state index in [-0.39, 0.29) is 12.7 Å². The SMILES string of the molecule is CCCCCC1(CBr)OCC(COS(C)(=O)=O)O1. The first-order valence-corrected chi connectivity index (χ1v) is 9.07. The van der Waals surface area contributed by atoms with E-state index in [0.29, 0.717) is 11.9 Å². The van der Waals surface area contributed by atoms with Crippen molar-refractivity contribution in [2.24, 2.45) is 0 Å². The van der Waals surface area contributed by atoms with Crippen LogP contribution in [0, 0.1) is 0 Å². The standard InChI is InChI=1S/C11H21BrO5S/c1-3-4-5-6-11(9-12)15-7-10(17-11)8-16-18(2,13)14/h10H,3-9H2,1-2H3. The molecule has 2 unspecified atom stereocenters. The molecule has 1 heterocycles. The van der Waals surface area contributed by atoms with Crippen molar-refractivity contribution in [3.63, 3.8) is 0 Å². The van der Waals surface area contributed by atoms with Gasteiger partial charge in [0.25, 0.3) is 10.1 Å². The molecule has 0 aliphatic carbocycles. The van der Waals surface area contributed by atoms with Gasteiger partial charge in [0.2, 0.25) is 0 Å². The Hall–Kier alpha value is 0.310. The molecule has 7 heteroatoms. The molecule has 5 nitrogen and oxygen atoms in total. The molecule has 0 aromatic rings. The lowest BCUT2D eigenvalue weighted by molar-refractivity contribution is -0.156. The van der Waals surface area contributed by atoms with Gasteiger partial charge in [0.05, 0.1) is 24.8 Å². The van der Waals surface area contributed by atoms with Gasteiger partial charge in [-0.2, -0.15) is 8.42 Å². The highest BCUT2D eigenvalue weighted by atomic mass is 79.9. The number of alkyl halides is 1. The van der Waals surface area contributed by atoms with Crippen LogP contribution in [0.25, 0.3) is 0 Å². The van der Waals surface area contributed by atoms with Crippen molar-refractivity contribution in [3.8, 4) is 0 Å². The smallest absolute Gasteiger partial charge is 0.264 e. The Morgan fingerprint density at radius 2 is 2.17 bits per heavy atom. The van der Waals surface area contributed by atoms with Crippen LogP contribution < -0.4 is 0 Å². The fraction of sp³-hybridized carbons (Fsp3) is 1.00. The van der Waals surface area contributed by atoms with E-state index < -0.39 is 15.9 Å². The molecular weight excluding hydrogens is 324 g/mol. The number of unbranched alkanes of at least 4 members (excludes halogenated alkanes) is 2. The fourth-order valence-corrected chi connectivity index (χ4v) is 2.78. The Balaban J connectivity index is 2.40. The summed E-state index contributed by atoms with van der Waals surface area (Å²) in [5, 5.41) is 0.582. The molecule has 2 atom stereocenters. The molecule has 0 spiro atoms. The molecule has 0 radical (unpaired) electrons. The Kier molecular flexibility index (Phi) is 6.54. The number of rotatable bonds is 8. The first-order valence-electron chi connectivity index (χ1n) is 6.13. The molecule has 0 N–H and O–H groups in total. The second-order valence-corrected chi connectivity index (χ2v) is 6.75. The van der Waals surface area contributed by atoms with Crippen molar-refractivity contribution >= 4 is 26.0 Å². The van der Waals surface area contributed by atoms with E-state index in [9.17, 15) is 8.42 Å². The molecule has 0 bridgehead atoms. The summed E-state index contributed by atoms with van der Waals surface area (Å²) >= 11 is 3.39. The minimum absolute atomic E-state index is 0.0152. The molecular formula is C11H21BrO5S. The maximum absolute atomic E-state index is 10.9. The van der Waals surface area contributed by atoms with E-state index in [1.54, 1.807) is 0 Å². The maximum atomic E-state index is 10.9. The number of halogens is 1. The second-order valence-electron chi connectivity index (χ2n) is 4.54. The van der Waals surface area contributed by atoms with Crippen LogP contribution in [0.5, 0.6) is 0 Å². The van der Waals surface area contributed by atoms with E-state index in [1.165, 1.54) is 0 Å². The molecule has 1 fully saturated rings. The normalized spacial score (nSPS) is 28.7. The van der Waals surface area contributed by atoms with Crippen LogP contribution in [0.15, 0.2) is 0 Å². The third-order valence-corrected chi connectivity index (χ3v) is 4.17. The van der Waals surface area contributed by atoms with Crippen LogP contribution in [0.2, 0.25) is 0 Å². The summed E-state index contributed by atoms with van der Waals surface area (Å²) in [5.41, 5.74) is 0. The van der Waals surface area contributed by atoms with Crippen LogP contribution in [-0.4, -0.2) is 45.1 Å². The number of hydrogen-bond donors (Lipinski definition) is 0. The van der Waals surface area contributed by atoms with Crippen molar-refractivity contribution in [2.75, 3.05) is 24.8 Å². The van der Waals surface area contributed by atoms with Gasteiger partial charge in [-0.05, 0) is 6.42 Å². The zero-order valence-electron chi connectivity index (χ0n) is 10.9. The lowest BCUT2D eigenvalue weighted by Crippen LogP contribution is -2.33. The third-order valence-electron chi connectivity index (χ3n) is 2.75. The second kappa shape index (κ2) is 7.19. The van der Waals surface area contributed by atoms with Gasteiger partial charge in [0.15, 0.2) is 5.79 Å². The first kappa shape index (κ1) is 16.4. The molecule has 0 saturated carbocycles. The lowest BCUT2D eigenvalue weighted by atomic mass is 10.1. The van der Waals surface area contributed by atoms with E-state index >= 15 is 0 Å². The summed E-state index contributed by atoms with van der Waals surface area (Å²) in [6.45, 7) is 2.52. The van der Waals surface area contributed by atoms with Crippen LogP contribution in [0.3, 0.4) is 0 Å². The summed E-state index contributed by atoms with van der Waals surface area (Å²) in [6, 6.07) is 0. The van der Waals surface area contributed by atoms with Gasteiger partial charge in [-0.1, -0.05) is 35.7 Å². The summed E-state index contributed by atoms with van der Waals surface area (Å²) in [4.78, 5) is 0. The highest BCUT2D eigenvalue weighted by Gasteiger charge is 2.40. The van der Waals surface area contributed by atoms with Crippen molar-refractivity contribution in [1.29, 1.82) is 0 Å². The van der Waals surface area contributed by atoms with Crippen LogP contribution in [0.4, 0.5) is 0 Å². The summed E-state index contributed by atoms with van der Waals surface area (Å²) < 4.78 is 38.0. The zero-order valence-corrected chi connectivity index (χ0v) is 13.3. The van der Waals surface area contributed by atoms with Gasteiger partial charge in [-0.15, -0.1) is 0 Å². The molecule has 0 amide bonds. The molecule has 0 aromatic carbocycles. The van der Waals surface area contributed by atoms with Gasteiger partial charge in [-0.3, -0.25) is 4.18 Å². The number of ether oxygens (including phenoxy) is 2. The van der Waals surface area contributed by atoms with Crippen molar-refractivity contribution in [3.05, 3.63) is 0 Å². The monoisotopic (exact) mass is 344 g/mol. The molecule has 18 heavy (non-hydrogen) atoms. The molecule has 1 saturated heterocycles. The van der Waals surface area contributed by atoms with Gasteiger partial charge in [0.1, 0.15) is 6.10 Å².